The van der Waals surface area contributed by atoms with E-state index < -0.39 is 15.9 Å². The quantitative estimate of drug-likeness (QED) is 0.545. The van der Waals surface area contributed by atoms with Crippen molar-refractivity contribution < 1.29 is 22.7 Å². The number of carbonyl (C=O) groups is 1. The number of hydrogen-bond acceptors (Lipinski definition) is 5. The number of carbonyl (C=O) groups excluding carboxylic acids is 1. The van der Waals surface area contributed by atoms with Gasteiger partial charge in [0.25, 0.3) is 15.9 Å². The lowest BCUT2D eigenvalue weighted by atomic mass is 10.3. The Morgan fingerprint density at radius 3 is 2.23 bits per heavy atom. The standard InChI is InChI=1S/C23H24N2O5S/c1-3-29-21-14-7-8-15-22(21)30-17-23(26)24-18-10-9-13-20(16-18)31(27,28)25(2)19-11-5-4-6-12-19/h4-16H,3,17H2,1-2H3,(H,24,26). The summed E-state index contributed by atoms with van der Waals surface area (Å²) in [6.45, 7) is 2.09. The summed E-state index contributed by atoms with van der Waals surface area (Å²) in [6, 6.07) is 21.9. The van der Waals surface area contributed by atoms with Crippen molar-refractivity contribution in [2.75, 3.05) is 29.9 Å². The zero-order chi connectivity index (χ0) is 22.3. The Morgan fingerprint density at radius 2 is 1.55 bits per heavy atom. The van der Waals surface area contributed by atoms with Gasteiger partial charge in [0.1, 0.15) is 0 Å². The van der Waals surface area contributed by atoms with E-state index in [0.717, 1.165) is 0 Å². The van der Waals surface area contributed by atoms with E-state index in [1.165, 1.54) is 23.5 Å². The van der Waals surface area contributed by atoms with Crippen molar-refractivity contribution in [3.05, 3.63) is 78.9 Å². The maximum absolute atomic E-state index is 13.0. The number of sulfonamides is 1. The van der Waals surface area contributed by atoms with Crippen LogP contribution in [-0.4, -0.2) is 34.6 Å². The van der Waals surface area contributed by atoms with Gasteiger partial charge in [0.2, 0.25) is 0 Å². The Balaban J connectivity index is 1.68. The molecule has 0 fully saturated rings. The lowest BCUT2D eigenvalue weighted by Gasteiger charge is -2.20. The minimum atomic E-state index is -3.78. The molecule has 1 N–H and O–H groups in total. The van der Waals surface area contributed by atoms with Crippen LogP contribution in [0.5, 0.6) is 11.5 Å². The normalized spacial score (nSPS) is 10.9. The lowest BCUT2D eigenvalue weighted by Crippen LogP contribution is -2.26. The first-order valence-corrected chi connectivity index (χ1v) is 11.1. The second-order valence-corrected chi connectivity index (χ2v) is 8.52. The highest BCUT2D eigenvalue weighted by atomic mass is 32.2. The molecule has 0 aliphatic rings. The minimum Gasteiger partial charge on any atom is -0.490 e. The number of nitrogens with zero attached hydrogens (tertiary/aromatic N) is 1. The second-order valence-electron chi connectivity index (χ2n) is 6.55. The van der Waals surface area contributed by atoms with Gasteiger partial charge in [-0.1, -0.05) is 36.4 Å². The molecule has 0 aliphatic carbocycles. The highest BCUT2D eigenvalue weighted by Gasteiger charge is 2.21. The predicted octanol–water partition coefficient (Wildman–Crippen LogP) is 3.93. The van der Waals surface area contributed by atoms with Crippen molar-refractivity contribution >= 4 is 27.3 Å². The van der Waals surface area contributed by atoms with E-state index in [9.17, 15) is 13.2 Å². The molecule has 3 aromatic carbocycles. The molecule has 0 spiro atoms. The van der Waals surface area contributed by atoms with E-state index >= 15 is 0 Å². The summed E-state index contributed by atoms with van der Waals surface area (Å²) in [5.74, 6) is 0.590. The van der Waals surface area contributed by atoms with Crippen LogP contribution in [0.15, 0.2) is 83.8 Å². The molecule has 31 heavy (non-hydrogen) atoms. The molecule has 3 rings (SSSR count). The van der Waals surface area contributed by atoms with Gasteiger partial charge in [-0.05, 0) is 49.4 Å². The lowest BCUT2D eigenvalue weighted by molar-refractivity contribution is -0.118. The first-order valence-electron chi connectivity index (χ1n) is 9.70. The highest BCUT2D eigenvalue weighted by molar-refractivity contribution is 7.92. The molecule has 0 aliphatic heterocycles. The summed E-state index contributed by atoms with van der Waals surface area (Å²) in [4.78, 5) is 12.4. The predicted molar refractivity (Wildman–Crippen MR) is 120 cm³/mol. The molecule has 0 atom stereocenters. The van der Waals surface area contributed by atoms with Gasteiger partial charge >= 0.3 is 0 Å². The first kappa shape index (κ1) is 22.2. The number of rotatable bonds is 9. The summed E-state index contributed by atoms with van der Waals surface area (Å²) >= 11 is 0. The van der Waals surface area contributed by atoms with Crippen LogP contribution in [0.4, 0.5) is 11.4 Å². The van der Waals surface area contributed by atoms with Gasteiger partial charge in [-0.25, -0.2) is 8.42 Å². The van der Waals surface area contributed by atoms with Crippen molar-refractivity contribution in [2.24, 2.45) is 0 Å². The molecule has 7 nitrogen and oxygen atoms in total. The molecular formula is C23H24N2O5S. The Hall–Kier alpha value is -3.52. The van der Waals surface area contributed by atoms with Gasteiger partial charge in [0.15, 0.2) is 18.1 Å². The number of nitrogens with one attached hydrogen (secondary N) is 1. The van der Waals surface area contributed by atoms with Gasteiger partial charge in [-0.3, -0.25) is 9.10 Å². The molecule has 0 saturated carbocycles. The van der Waals surface area contributed by atoms with Crippen molar-refractivity contribution in [3.63, 3.8) is 0 Å². The van der Waals surface area contributed by atoms with E-state index in [2.05, 4.69) is 5.32 Å². The van der Waals surface area contributed by atoms with E-state index in [1.54, 1.807) is 54.6 Å². The molecule has 0 saturated heterocycles. The molecule has 8 heteroatoms. The summed E-state index contributed by atoms with van der Waals surface area (Å²) < 4.78 is 38.1. The Kier molecular flexibility index (Phi) is 7.15. The van der Waals surface area contributed by atoms with Gasteiger partial charge in [0, 0.05) is 12.7 Å². The third kappa shape index (κ3) is 5.55. The third-order valence-electron chi connectivity index (χ3n) is 4.40. The first-order chi connectivity index (χ1) is 14.9. The molecule has 162 valence electrons. The van der Waals surface area contributed by atoms with E-state index in [4.69, 9.17) is 9.47 Å². The van der Waals surface area contributed by atoms with Gasteiger partial charge < -0.3 is 14.8 Å². The average Bonchev–Trinajstić information content (AvgIpc) is 2.79. The number of ether oxygens (including phenoxy) is 2. The Morgan fingerprint density at radius 1 is 0.903 bits per heavy atom. The van der Waals surface area contributed by atoms with Crippen LogP contribution < -0.4 is 19.1 Å². The number of hydrogen-bond donors (Lipinski definition) is 1. The number of amides is 1. The van der Waals surface area contributed by atoms with Crippen molar-refractivity contribution in [2.45, 2.75) is 11.8 Å². The van der Waals surface area contributed by atoms with Gasteiger partial charge in [-0.15, -0.1) is 0 Å². The van der Waals surface area contributed by atoms with Gasteiger partial charge in [-0.2, -0.15) is 0 Å². The maximum atomic E-state index is 13.0. The van der Waals surface area contributed by atoms with E-state index in [0.29, 0.717) is 29.5 Å². The zero-order valence-electron chi connectivity index (χ0n) is 17.3. The molecule has 3 aromatic rings. The van der Waals surface area contributed by atoms with Crippen molar-refractivity contribution in [3.8, 4) is 11.5 Å². The van der Waals surface area contributed by atoms with Crippen molar-refractivity contribution in [1.29, 1.82) is 0 Å². The maximum Gasteiger partial charge on any atom is 0.264 e. The molecule has 0 radical (unpaired) electrons. The summed E-state index contributed by atoms with van der Waals surface area (Å²) in [6.07, 6.45) is 0. The number of para-hydroxylation sites is 3. The van der Waals surface area contributed by atoms with Crippen LogP contribution in [0.3, 0.4) is 0 Å². The van der Waals surface area contributed by atoms with Gasteiger partial charge in [0.05, 0.1) is 17.2 Å². The van der Waals surface area contributed by atoms with Crippen LogP contribution in [-0.2, 0) is 14.8 Å². The fourth-order valence-corrected chi connectivity index (χ4v) is 4.10. The second kappa shape index (κ2) is 9.99. The van der Waals surface area contributed by atoms with Crippen LogP contribution >= 0.6 is 0 Å². The van der Waals surface area contributed by atoms with Crippen molar-refractivity contribution in [1.82, 2.24) is 0 Å². The van der Waals surface area contributed by atoms with Crippen LogP contribution in [0.25, 0.3) is 0 Å². The molecule has 0 bridgehead atoms. The third-order valence-corrected chi connectivity index (χ3v) is 6.19. The van der Waals surface area contributed by atoms with Crippen LogP contribution in [0.2, 0.25) is 0 Å². The van der Waals surface area contributed by atoms with E-state index in [1.807, 2.05) is 19.1 Å². The molecular weight excluding hydrogens is 416 g/mol. The minimum absolute atomic E-state index is 0.0688. The highest BCUT2D eigenvalue weighted by Crippen LogP contribution is 2.26. The number of anilines is 2. The molecule has 0 aromatic heterocycles. The Labute approximate surface area is 182 Å². The topological polar surface area (TPSA) is 84.9 Å². The summed E-state index contributed by atoms with van der Waals surface area (Å²) in [5.41, 5.74) is 0.896. The Bertz CT molecular complexity index is 1130. The van der Waals surface area contributed by atoms with Crippen LogP contribution in [0.1, 0.15) is 6.92 Å². The number of benzene rings is 3. The molecule has 0 heterocycles. The summed E-state index contributed by atoms with van der Waals surface area (Å²) in [5, 5.41) is 2.67. The SMILES string of the molecule is CCOc1ccccc1OCC(=O)Nc1cccc(S(=O)(=O)N(C)c2ccccc2)c1. The monoisotopic (exact) mass is 440 g/mol. The fourth-order valence-electron chi connectivity index (χ4n) is 2.85. The van der Waals surface area contributed by atoms with E-state index in [-0.39, 0.29) is 11.5 Å². The zero-order valence-corrected chi connectivity index (χ0v) is 18.1. The fraction of sp³-hybridized carbons (Fsp3) is 0.174. The molecule has 0 unspecified atom stereocenters. The molecule has 1 amide bonds. The largest absolute Gasteiger partial charge is 0.490 e. The average molecular weight is 441 g/mol. The summed E-state index contributed by atoms with van der Waals surface area (Å²) in [7, 11) is -2.30. The van der Waals surface area contributed by atoms with Crippen LogP contribution in [0, 0.1) is 0 Å². The smallest absolute Gasteiger partial charge is 0.264 e.